The Kier molecular flexibility index (Phi) is 14.1. The highest BCUT2D eigenvalue weighted by Gasteiger charge is 2.22. The van der Waals surface area contributed by atoms with Gasteiger partial charge in [0.15, 0.2) is 0 Å². The summed E-state index contributed by atoms with van der Waals surface area (Å²) in [5.74, 6) is -2.00. The van der Waals surface area contributed by atoms with Gasteiger partial charge >= 0.3 is 17.9 Å². The molecule has 0 atom stereocenters. The highest BCUT2D eigenvalue weighted by molar-refractivity contribution is 5.76. The lowest BCUT2D eigenvalue weighted by molar-refractivity contribution is -0.153. The molecule has 0 saturated carbocycles. The molecule has 0 spiro atoms. The molecular formula is C17H33NO6. The number of carbonyl (C=O) groups excluding carboxylic acids is 2. The average molecular weight is 347 g/mol. The Labute approximate surface area is 145 Å². The molecule has 0 aliphatic rings. The standard InChI is InChI=1S/C11H18O6.C6H15N/c1-8(12)16-6-11(2,3)7-17-10(15)5-4-9(13)14;1-4-7(5-2)6-3/h4-7H2,1-3H3,(H,13,14);4-6H2,1-3H3. The maximum atomic E-state index is 11.1. The molecule has 24 heavy (non-hydrogen) atoms. The molecule has 0 aliphatic heterocycles. The lowest BCUT2D eigenvalue weighted by atomic mass is 9.96. The van der Waals surface area contributed by atoms with Crippen molar-refractivity contribution in [3.63, 3.8) is 0 Å². The van der Waals surface area contributed by atoms with Crippen molar-refractivity contribution in [3.05, 3.63) is 0 Å². The van der Waals surface area contributed by atoms with Crippen molar-refractivity contribution in [3.8, 4) is 0 Å². The van der Waals surface area contributed by atoms with Crippen LogP contribution in [0.4, 0.5) is 0 Å². The van der Waals surface area contributed by atoms with Crippen molar-refractivity contribution in [2.75, 3.05) is 32.8 Å². The summed E-state index contributed by atoms with van der Waals surface area (Å²) in [5.41, 5.74) is -0.482. The predicted octanol–water partition coefficient (Wildman–Crippen LogP) is 2.33. The third kappa shape index (κ3) is 16.7. The molecule has 0 rings (SSSR count). The molecule has 0 fully saturated rings. The second kappa shape index (κ2) is 13.8. The van der Waals surface area contributed by atoms with Gasteiger partial charge in [0, 0.05) is 12.3 Å². The number of rotatable bonds is 10. The van der Waals surface area contributed by atoms with Crippen molar-refractivity contribution in [1.29, 1.82) is 0 Å². The lowest BCUT2D eigenvalue weighted by Crippen LogP contribution is -2.28. The molecular weight excluding hydrogens is 314 g/mol. The van der Waals surface area contributed by atoms with E-state index in [0.717, 1.165) is 0 Å². The summed E-state index contributed by atoms with van der Waals surface area (Å²) >= 11 is 0. The van der Waals surface area contributed by atoms with Crippen LogP contribution in [0, 0.1) is 5.41 Å². The van der Waals surface area contributed by atoms with Crippen molar-refractivity contribution >= 4 is 17.9 Å². The van der Waals surface area contributed by atoms with Gasteiger partial charge in [0.2, 0.25) is 0 Å². The number of hydrogen-bond acceptors (Lipinski definition) is 6. The Bertz CT molecular complexity index is 372. The van der Waals surface area contributed by atoms with Crippen LogP contribution < -0.4 is 0 Å². The van der Waals surface area contributed by atoms with Crippen LogP contribution >= 0.6 is 0 Å². The molecule has 0 saturated heterocycles. The zero-order valence-corrected chi connectivity index (χ0v) is 15.9. The second-order valence-electron chi connectivity index (χ2n) is 6.12. The molecule has 0 heterocycles. The summed E-state index contributed by atoms with van der Waals surface area (Å²) < 4.78 is 9.71. The fourth-order valence-electron chi connectivity index (χ4n) is 1.57. The quantitative estimate of drug-likeness (QED) is 0.606. The average Bonchev–Trinajstić information content (AvgIpc) is 2.51. The summed E-state index contributed by atoms with van der Waals surface area (Å²) in [4.78, 5) is 34.3. The van der Waals surface area contributed by atoms with Gasteiger partial charge in [0.1, 0.15) is 0 Å². The first-order valence-corrected chi connectivity index (χ1v) is 8.31. The molecule has 0 aromatic carbocycles. The van der Waals surface area contributed by atoms with Gasteiger partial charge in [-0.3, -0.25) is 14.4 Å². The molecule has 0 amide bonds. The van der Waals surface area contributed by atoms with Gasteiger partial charge in [-0.15, -0.1) is 0 Å². The number of carbonyl (C=O) groups is 3. The Hall–Kier alpha value is -1.63. The van der Waals surface area contributed by atoms with Gasteiger partial charge in [-0.1, -0.05) is 34.6 Å². The molecule has 0 unspecified atom stereocenters. The molecule has 0 radical (unpaired) electrons. The minimum absolute atomic E-state index is 0.0821. The first-order valence-electron chi connectivity index (χ1n) is 8.31. The van der Waals surface area contributed by atoms with Crippen molar-refractivity contribution in [1.82, 2.24) is 4.90 Å². The van der Waals surface area contributed by atoms with Gasteiger partial charge < -0.3 is 19.5 Å². The maximum absolute atomic E-state index is 11.1. The molecule has 142 valence electrons. The van der Waals surface area contributed by atoms with Crippen LogP contribution in [0.1, 0.15) is 54.4 Å². The molecule has 0 aliphatic carbocycles. The van der Waals surface area contributed by atoms with Crippen LogP contribution in [0.25, 0.3) is 0 Å². The first-order chi connectivity index (χ1) is 11.1. The van der Waals surface area contributed by atoms with Crippen molar-refractivity contribution in [2.24, 2.45) is 5.41 Å². The smallest absolute Gasteiger partial charge is 0.306 e. The zero-order chi connectivity index (χ0) is 19.2. The molecule has 1 N–H and O–H groups in total. The summed E-state index contributed by atoms with van der Waals surface area (Å²) in [5, 5.41) is 8.37. The molecule has 0 bridgehead atoms. The number of aliphatic carboxylic acids is 1. The number of hydrogen-bond donors (Lipinski definition) is 1. The third-order valence-corrected chi connectivity index (χ3v) is 3.17. The van der Waals surface area contributed by atoms with Crippen LogP contribution in [0.5, 0.6) is 0 Å². The van der Waals surface area contributed by atoms with Crippen molar-refractivity contribution < 1.29 is 29.0 Å². The lowest BCUT2D eigenvalue weighted by Gasteiger charge is -2.23. The van der Waals surface area contributed by atoms with E-state index < -0.39 is 23.3 Å². The number of nitrogens with zero attached hydrogens (tertiary/aromatic N) is 1. The van der Waals surface area contributed by atoms with E-state index in [1.54, 1.807) is 13.8 Å². The Morgan fingerprint density at radius 3 is 1.71 bits per heavy atom. The fourth-order valence-corrected chi connectivity index (χ4v) is 1.57. The normalized spacial score (nSPS) is 10.6. The van der Waals surface area contributed by atoms with E-state index >= 15 is 0 Å². The van der Waals surface area contributed by atoms with E-state index in [-0.39, 0.29) is 26.1 Å². The predicted molar refractivity (Wildman–Crippen MR) is 91.7 cm³/mol. The van der Waals surface area contributed by atoms with E-state index in [9.17, 15) is 14.4 Å². The maximum Gasteiger partial charge on any atom is 0.306 e. The van der Waals surface area contributed by atoms with Crippen LogP contribution in [0.3, 0.4) is 0 Å². The highest BCUT2D eigenvalue weighted by atomic mass is 16.5. The van der Waals surface area contributed by atoms with E-state index in [4.69, 9.17) is 14.6 Å². The first kappa shape index (κ1) is 24.6. The second-order valence-corrected chi connectivity index (χ2v) is 6.12. The summed E-state index contributed by atoms with van der Waals surface area (Å²) in [7, 11) is 0. The largest absolute Gasteiger partial charge is 0.481 e. The minimum atomic E-state index is -1.04. The topological polar surface area (TPSA) is 93.1 Å². The van der Waals surface area contributed by atoms with Crippen LogP contribution in [0.2, 0.25) is 0 Å². The summed E-state index contributed by atoms with van der Waals surface area (Å²) in [6.07, 6.45) is -0.401. The van der Waals surface area contributed by atoms with Gasteiger partial charge in [-0.25, -0.2) is 0 Å². The Balaban J connectivity index is 0. The molecule has 0 aromatic heterocycles. The van der Waals surface area contributed by atoms with Gasteiger partial charge in [0.25, 0.3) is 0 Å². The van der Waals surface area contributed by atoms with E-state index in [0.29, 0.717) is 0 Å². The van der Waals surface area contributed by atoms with Gasteiger partial charge in [-0.2, -0.15) is 0 Å². The molecule has 7 nitrogen and oxygen atoms in total. The van der Waals surface area contributed by atoms with E-state index in [1.165, 1.54) is 26.6 Å². The fraction of sp³-hybridized carbons (Fsp3) is 0.824. The van der Waals surface area contributed by atoms with Crippen LogP contribution in [0.15, 0.2) is 0 Å². The van der Waals surface area contributed by atoms with E-state index in [1.807, 2.05) is 0 Å². The molecule has 0 aromatic rings. The third-order valence-electron chi connectivity index (χ3n) is 3.17. The van der Waals surface area contributed by atoms with Crippen LogP contribution in [-0.4, -0.2) is 60.8 Å². The highest BCUT2D eigenvalue weighted by Crippen LogP contribution is 2.16. The van der Waals surface area contributed by atoms with Gasteiger partial charge in [-0.05, 0) is 19.6 Å². The SMILES string of the molecule is CC(=O)OCC(C)(C)COC(=O)CCC(=O)O.CCN(CC)CC. The van der Waals surface area contributed by atoms with Gasteiger partial charge in [0.05, 0.1) is 26.1 Å². The zero-order valence-electron chi connectivity index (χ0n) is 15.9. The minimum Gasteiger partial charge on any atom is -0.481 e. The number of ether oxygens (including phenoxy) is 2. The monoisotopic (exact) mass is 347 g/mol. The van der Waals surface area contributed by atoms with Crippen molar-refractivity contribution in [2.45, 2.75) is 54.4 Å². The number of carboxylic acids is 1. The number of esters is 2. The Morgan fingerprint density at radius 2 is 1.38 bits per heavy atom. The molecule has 7 heteroatoms. The van der Waals surface area contributed by atoms with Crippen LogP contribution in [-0.2, 0) is 23.9 Å². The summed E-state index contributed by atoms with van der Waals surface area (Å²) in [6.45, 7) is 15.2. The number of carboxylic acid groups (broad SMARTS) is 1. The summed E-state index contributed by atoms with van der Waals surface area (Å²) in [6, 6.07) is 0. The Morgan fingerprint density at radius 1 is 0.917 bits per heavy atom. The van der Waals surface area contributed by atoms with E-state index in [2.05, 4.69) is 25.7 Å².